The number of rotatable bonds is 6. The van der Waals surface area contributed by atoms with Gasteiger partial charge in [0.2, 0.25) is 0 Å². The quantitative estimate of drug-likeness (QED) is 0.207. The van der Waals surface area contributed by atoms with Gasteiger partial charge < -0.3 is 9.16 Å². The second-order valence-corrected chi connectivity index (χ2v) is 12.4. The molecule has 0 rings (SSSR count). The van der Waals surface area contributed by atoms with E-state index in [4.69, 9.17) is 15.6 Å². The maximum absolute atomic E-state index is 11.1. The number of hydrogen-bond acceptors (Lipinski definition) is 3. The Kier molecular flexibility index (Phi) is 9.07. The molecule has 0 unspecified atom stereocenters. The van der Waals surface area contributed by atoms with Crippen LogP contribution in [-0.2, 0) is 14.0 Å². The van der Waals surface area contributed by atoms with Gasteiger partial charge in [-0.3, -0.25) is 4.79 Å². The van der Waals surface area contributed by atoms with Crippen LogP contribution in [-0.4, -0.2) is 27.0 Å². The van der Waals surface area contributed by atoms with Crippen LogP contribution >= 0.6 is 22.6 Å². The molecule has 0 bridgehead atoms. The summed E-state index contributed by atoms with van der Waals surface area (Å²) < 4.78 is 12.1. The largest absolute Gasteiger partial charge is 0.444 e. The second kappa shape index (κ2) is 9.39. The molecule has 1 atom stereocenters. The highest BCUT2D eigenvalue weighted by atomic mass is 127. The van der Waals surface area contributed by atoms with Gasteiger partial charge in [-0.1, -0.05) is 26.8 Å². The number of hydrogen-bond donors (Lipinski definition) is 0. The lowest BCUT2D eigenvalue weighted by atomic mass is 10.2. The van der Waals surface area contributed by atoms with Crippen molar-refractivity contribution in [1.82, 2.24) is 0 Å². The molecule has 0 aliphatic heterocycles. The van der Waals surface area contributed by atoms with Crippen molar-refractivity contribution in [2.45, 2.75) is 58.4 Å². The molecule has 0 aromatic rings. The number of carbonyl (C=O) groups excluding carboxylic acids is 1. The van der Waals surface area contributed by atoms with Crippen LogP contribution in [0.3, 0.4) is 0 Å². The average molecular weight is 432 g/mol. The molecule has 0 aromatic carbocycles. The first-order chi connectivity index (χ1) is 10.0. The lowest BCUT2D eigenvalue weighted by molar-refractivity contribution is -0.142. The van der Waals surface area contributed by atoms with Gasteiger partial charge in [0.05, 0.1) is 0 Å². The predicted octanol–water partition coefficient (Wildman–Crippen LogP) is 4.29. The third-order valence-corrected chi connectivity index (χ3v) is 9.08. The average Bonchev–Trinajstić information content (AvgIpc) is 2.37. The van der Waals surface area contributed by atoms with Crippen molar-refractivity contribution in [3.8, 4) is 24.2 Å². The Bertz CT molecular complexity index is 513. The molecular formula is C17H25IO3Si. The molecule has 3 nitrogen and oxygen atoms in total. The molecule has 0 aliphatic carbocycles. The summed E-state index contributed by atoms with van der Waals surface area (Å²) in [4.78, 5) is 11.1. The van der Waals surface area contributed by atoms with Gasteiger partial charge in [-0.05, 0) is 64.9 Å². The van der Waals surface area contributed by atoms with Crippen LogP contribution < -0.4 is 0 Å². The summed E-state index contributed by atoms with van der Waals surface area (Å²) in [6, 6.07) is 0. The third-order valence-electron chi connectivity index (χ3n) is 3.54. The number of terminal acetylenes is 1. The van der Waals surface area contributed by atoms with Gasteiger partial charge in [0, 0.05) is 17.1 Å². The summed E-state index contributed by atoms with van der Waals surface area (Å²) in [6.45, 7) is 13.1. The molecule has 5 heteroatoms. The molecule has 0 aliphatic rings. The topological polar surface area (TPSA) is 35.5 Å². The predicted molar refractivity (Wildman–Crippen MR) is 102 cm³/mol. The zero-order chi connectivity index (χ0) is 17.4. The Morgan fingerprint density at radius 2 is 2.00 bits per heavy atom. The number of halogens is 1. The minimum atomic E-state index is -1.72. The molecule has 0 radical (unpaired) electrons. The van der Waals surface area contributed by atoms with Crippen molar-refractivity contribution in [3.63, 3.8) is 0 Å². The summed E-state index contributed by atoms with van der Waals surface area (Å²) >= 11 is 2.12. The van der Waals surface area contributed by atoms with E-state index in [2.05, 4.69) is 74.2 Å². The van der Waals surface area contributed by atoms with E-state index in [9.17, 15) is 4.79 Å². The van der Waals surface area contributed by atoms with Crippen molar-refractivity contribution < 1.29 is 14.0 Å². The zero-order valence-corrected chi connectivity index (χ0v) is 17.4. The smallest absolute Gasteiger partial charge is 0.304 e. The number of carbonyl (C=O) groups is 1. The zero-order valence-electron chi connectivity index (χ0n) is 14.2. The maximum Gasteiger partial charge on any atom is 0.304 e. The third kappa shape index (κ3) is 8.02. The minimum absolute atomic E-state index is 0.197. The SMILES string of the molecule is C#CC#C[C@H](OC(C)=O)/C(I)=C/CCO[Si](C)(C)C(C)(C)C. The molecule has 0 spiro atoms. The van der Waals surface area contributed by atoms with E-state index in [-0.39, 0.29) is 11.0 Å². The molecule has 0 N–H and O–H groups in total. The molecule has 22 heavy (non-hydrogen) atoms. The lowest BCUT2D eigenvalue weighted by Crippen LogP contribution is -2.40. The maximum atomic E-state index is 11.1. The molecular weight excluding hydrogens is 407 g/mol. The van der Waals surface area contributed by atoms with Crippen LogP contribution in [0.4, 0.5) is 0 Å². The molecule has 0 saturated heterocycles. The van der Waals surface area contributed by atoms with Crippen LogP contribution in [0.5, 0.6) is 0 Å². The van der Waals surface area contributed by atoms with Crippen molar-refractivity contribution in [2.24, 2.45) is 0 Å². The van der Waals surface area contributed by atoms with Crippen LogP contribution in [0.25, 0.3) is 0 Å². The van der Waals surface area contributed by atoms with Crippen LogP contribution in [0.1, 0.15) is 34.1 Å². The van der Waals surface area contributed by atoms with E-state index >= 15 is 0 Å². The fraction of sp³-hybridized carbons (Fsp3) is 0.588. The highest BCUT2D eigenvalue weighted by Crippen LogP contribution is 2.36. The van der Waals surface area contributed by atoms with Crippen molar-refractivity contribution in [3.05, 3.63) is 9.66 Å². The van der Waals surface area contributed by atoms with Gasteiger partial charge in [-0.2, -0.15) is 0 Å². The first-order valence-corrected chi connectivity index (χ1v) is 11.1. The van der Waals surface area contributed by atoms with Gasteiger partial charge in [0.25, 0.3) is 0 Å². The van der Waals surface area contributed by atoms with E-state index in [1.54, 1.807) is 0 Å². The lowest BCUT2D eigenvalue weighted by Gasteiger charge is -2.36. The molecule has 0 heterocycles. The Morgan fingerprint density at radius 3 is 2.45 bits per heavy atom. The first kappa shape index (κ1) is 21.2. The van der Waals surface area contributed by atoms with Crippen LogP contribution in [0.2, 0.25) is 18.1 Å². The molecule has 0 saturated carbocycles. The Hall–Kier alpha value is -0.763. The minimum Gasteiger partial charge on any atom is -0.444 e. The second-order valence-electron chi connectivity index (χ2n) is 6.39. The highest BCUT2D eigenvalue weighted by molar-refractivity contribution is 14.1. The van der Waals surface area contributed by atoms with E-state index in [1.807, 2.05) is 6.08 Å². The fourth-order valence-corrected chi connectivity index (χ4v) is 2.92. The Balaban J connectivity index is 4.65. The molecule has 122 valence electrons. The summed E-state index contributed by atoms with van der Waals surface area (Å²) in [7, 11) is -1.72. The summed E-state index contributed by atoms with van der Waals surface area (Å²) in [5, 5.41) is 0.197. The fourth-order valence-electron chi connectivity index (χ4n) is 1.26. The van der Waals surface area contributed by atoms with Gasteiger partial charge >= 0.3 is 5.97 Å². The Morgan fingerprint density at radius 1 is 1.41 bits per heavy atom. The standard InChI is InChI=1S/C17H25IO3Si/c1-8-9-12-16(21-14(2)19)15(18)11-10-13-20-22(6,7)17(3,4)5/h1,11,16H,10,13H2,2-7H3/b15-11-/t16-/m0/s1. The first-order valence-electron chi connectivity index (χ1n) is 7.14. The normalized spacial score (nSPS) is 13.6. The van der Waals surface area contributed by atoms with Gasteiger partial charge in [-0.25, -0.2) is 0 Å². The monoisotopic (exact) mass is 432 g/mol. The van der Waals surface area contributed by atoms with Crippen molar-refractivity contribution in [1.29, 1.82) is 0 Å². The Labute approximate surface area is 149 Å². The highest BCUT2D eigenvalue weighted by Gasteiger charge is 2.36. The van der Waals surface area contributed by atoms with Crippen LogP contribution in [0, 0.1) is 24.2 Å². The van der Waals surface area contributed by atoms with E-state index < -0.39 is 14.4 Å². The summed E-state index contributed by atoms with van der Waals surface area (Å²) in [6.07, 6.45) is 7.25. The van der Waals surface area contributed by atoms with Crippen molar-refractivity contribution >= 4 is 36.9 Å². The van der Waals surface area contributed by atoms with Gasteiger partial charge in [0.1, 0.15) is 0 Å². The number of ether oxygens (including phenoxy) is 1. The van der Waals surface area contributed by atoms with E-state index in [0.717, 1.165) is 10.0 Å². The van der Waals surface area contributed by atoms with E-state index in [0.29, 0.717) is 6.61 Å². The summed E-state index contributed by atoms with van der Waals surface area (Å²) in [5.41, 5.74) is 0. The van der Waals surface area contributed by atoms with E-state index in [1.165, 1.54) is 6.92 Å². The summed E-state index contributed by atoms with van der Waals surface area (Å²) in [5.74, 6) is 7.09. The van der Waals surface area contributed by atoms with Gasteiger partial charge in [-0.15, -0.1) is 6.42 Å². The van der Waals surface area contributed by atoms with Crippen LogP contribution in [0.15, 0.2) is 9.66 Å². The molecule has 0 aromatic heterocycles. The van der Waals surface area contributed by atoms with Gasteiger partial charge in [0.15, 0.2) is 14.4 Å². The molecule has 0 amide bonds. The van der Waals surface area contributed by atoms with Crippen molar-refractivity contribution in [2.75, 3.05) is 6.61 Å². The molecule has 0 fully saturated rings. The number of esters is 1.